The zero-order valence-corrected chi connectivity index (χ0v) is 12.3. The fraction of sp³-hybridized carbons (Fsp3) is 0.235. The van der Waals surface area contributed by atoms with E-state index in [0.717, 1.165) is 30.0 Å². The molecule has 0 unspecified atom stereocenters. The monoisotopic (exact) mass is 284 g/mol. The van der Waals surface area contributed by atoms with Gasteiger partial charge in [-0.1, -0.05) is 18.2 Å². The average Bonchev–Trinajstić information content (AvgIpc) is 2.49. The fourth-order valence-electron chi connectivity index (χ4n) is 2.13. The maximum Gasteiger partial charge on any atom is 0.248 e. The van der Waals surface area contributed by atoms with Gasteiger partial charge in [-0.3, -0.25) is 4.79 Å². The van der Waals surface area contributed by atoms with Crippen LogP contribution in [0.15, 0.2) is 42.5 Å². The largest absolute Gasteiger partial charge is 0.497 e. The van der Waals surface area contributed by atoms with Gasteiger partial charge in [0, 0.05) is 18.7 Å². The Morgan fingerprint density at radius 1 is 1.14 bits per heavy atom. The molecule has 0 atom stereocenters. The van der Waals surface area contributed by atoms with Crippen molar-refractivity contribution in [3.63, 3.8) is 0 Å². The quantitative estimate of drug-likeness (QED) is 0.856. The number of nitrogens with two attached hydrogens (primary N) is 1. The lowest BCUT2D eigenvalue weighted by Crippen LogP contribution is -2.15. The third-order valence-corrected chi connectivity index (χ3v) is 3.43. The number of carbonyl (C=O) groups is 1. The van der Waals surface area contributed by atoms with Gasteiger partial charge < -0.3 is 15.8 Å². The van der Waals surface area contributed by atoms with Crippen molar-refractivity contribution in [2.75, 3.05) is 7.11 Å². The molecule has 0 bridgehead atoms. The van der Waals surface area contributed by atoms with E-state index in [4.69, 9.17) is 10.5 Å². The van der Waals surface area contributed by atoms with E-state index in [0.29, 0.717) is 5.56 Å². The van der Waals surface area contributed by atoms with Crippen LogP contribution >= 0.6 is 0 Å². The van der Waals surface area contributed by atoms with Crippen molar-refractivity contribution in [3.8, 4) is 5.75 Å². The summed E-state index contributed by atoms with van der Waals surface area (Å²) in [6, 6.07) is 13.5. The molecule has 0 aliphatic heterocycles. The van der Waals surface area contributed by atoms with Gasteiger partial charge in [-0.05, 0) is 47.9 Å². The highest BCUT2D eigenvalue weighted by atomic mass is 16.5. The summed E-state index contributed by atoms with van der Waals surface area (Å²) in [4.78, 5) is 11.1. The normalized spacial score (nSPS) is 10.4. The molecule has 2 aromatic carbocycles. The number of hydrogen-bond donors (Lipinski definition) is 2. The molecular formula is C17H20N2O2. The molecule has 4 nitrogen and oxygen atoms in total. The van der Waals surface area contributed by atoms with E-state index >= 15 is 0 Å². The van der Waals surface area contributed by atoms with E-state index in [1.54, 1.807) is 13.2 Å². The van der Waals surface area contributed by atoms with Crippen molar-refractivity contribution in [1.29, 1.82) is 0 Å². The minimum absolute atomic E-state index is 0.393. The smallest absolute Gasteiger partial charge is 0.248 e. The van der Waals surface area contributed by atoms with Crippen LogP contribution in [-0.4, -0.2) is 13.0 Å². The predicted octanol–water partition coefficient (Wildman–Crippen LogP) is 2.39. The van der Waals surface area contributed by atoms with Crippen molar-refractivity contribution in [1.82, 2.24) is 5.32 Å². The Labute approximate surface area is 124 Å². The Morgan fingerprint density at radius 3 is 2.43 bits per heavy atom. The minimum Gasteiger partial charge on any atom is -0.497 e. The van der Waals surface area contributed by atoms with Crippen LogP contribution in [0.1, 0.15) is 27.0 Å². The van der Waals surface area contributed by atoms with Crippen LogP contribution in [0.5, 0.6) is 5.75 Å². The second kappa shape index (κ2) is 6.90. The molecule has 2 rings (SSSR count). The Bertz CT molecular complexity index is 621. The van der Waals surface area contributed by atoms with Gasteiger partial charge in [-0.25, -0.2) is 0 Å². The van der Waals surface area contributed by atoms with Crippen LogP contribution in [0.4, 0.5) is 0 Å². The number of primary amides is 1. The second-order valence-corrected chi connectivity index (χ2v) is 4.96. The molecule has 0 saturated heterocycles. The summed E-state index contributed by atoms with van der Waals surface area (Å²) in [5.41, 5.74) is 9.24. The molecule has 0 fully saturated rings. The van der Waals surface area contributed by atoms with Gasteiger partial charge in [0.05, 0.1) is 7.11 Å². The number of aryl methyl sites for hydroxylation is 1. The van der Waals surface area contributed by atoms with Crippen LogP contribution in [-0.2, 0) is 13.1 Å². The molecule has 3 N–H and O–H groups in total. The first-order chi connectivity index (χ1) is 10.1. The summed E-state index contributed by atoms with van der Waals surface area (Å²) < 4.78 is 5.13. The van der Waals surface area contributed by atoms with Gasteiger partial charge in [-0.2, -0.15) is 0 Å². The number of ether oxygens (including phenoxy) is 1. The van der Waals surface area contributed by atoms with Crippen molar-refractivity contribution >= 4 is 5.91 Å². The molecule has 2 aromatic rings. The SMILES string of the molecule is COc1ccc(CNCc2ccc(C(N)=O)cc2C)cc1. The summed E-state index contributed by atoms with van der Waals surface area (Å²) in [6.07, 6.45) is 0. The van der Waals surface area contributed by atoms with Crippen LogP contribution in [0, 0.1) is 6.92 Å². The molecule has 4 heteroatoms. The second-order valence-electron chi connectivity index (χ2n) is 4.96. The van der Waals surface area contributed by atoms with E-state index < -0.39 is 5.91 Å². The van der Waals surface area contributed by atoms with Crippen molar-refractivity contribution in [3.05, 3.63) is 64.7 Å². The minimum atomic E-state index is -0.393. The zero-order chi connectivity index (χ0) is 15.2. The predicted molar refractivity (Wildman–Crippen MR) is 83.2 cm³/mol. The number of methoxy groups -OCH3 is 1. The van der Waals surface area contributed by atoms with E-state index in [1.807, 2.05) is 43.3 Å². The number of benzene rings is 2. The molecule has 0 aromatic heterocycles. The Kier molecular flexibility index (Phi) is 4.95. The van der Waals surface area contributed by atoms with Crippen molar-refractivity contribution in [2.45, 2.75) is 20.0 Å². The summed E-state index contributed by atoms with van der Waals surface area (Å²) in [5, 5.41) is 3.39. The summed E-state index contributed by atoms with van der Waals surface area (Å²) in [7, 11) is 1.66. The summed E-state index contributed by atoms with van der Waals surface area (Å²) in [6.45, 7) is 3.51. The summed E-state index contributed by atoms with van der Waals surface area (Å²) in [5.74, 6) is 0.465. The van der Waals surface area contributed by atoms with Crippen LogP contribution in [0.25, 0.3) is 0 Å². The average molecular weight is 284 g/mol. The number of rotatable bonds is 6. The third-order valence-electron chi connectivity index (χ3n) is 3.43. The molecule has 0 heterocycles. The fourth-order valence-corrected chi connectivity index (χ4v) is 2.13. The number of hydrogen-bond acceptors (Lipinski definition) is 3. The Hall–Kier alpha value is -2.33. The number of carbonyl (C=O) groups excluding carboxylic acids is 1. The Balaban J connectivity index is 1.92. The van der Waals surface area contributed by atoms with E-state index in [-0.39, 0.29) is 0 Å². The van der Waals surface area contributed by atoms with Crippen LogP contribution in [0.2, 0.25) is 0 Å². The lowest BCUT2D eigenvalue weighted by Gasteiger charge is -2.09. The first kappa shape index (κ1) is 15.1. The van der Waals surface area contributed by atoms with Gasteiger partial charge in [0.2, 0.25) is 5.91 Å². The highest BCUT2D eigenvalue weighted by Gasteiger charge is 2.04. The van der Waals surface area contributed by atoms with Crippen molar-refractivity contribution < 1.29 is 9.53 Å². The molecule has 0 aliphatic carbocycles. The van der Waals surface area contributed by atoms with Gasteiger partial charge in [-0.15, -0.1) is 0 Å². The molecule has 1 amide bonds. The van der Waals surface area contributed by atoms with Crippen LogP contribution < -0.4 is 15.8 Å². The molecular weight excluding hydrogens is 264 g/mol. The van der Waals surface area contributed by atoms with Crippen LogP contribution in [0.3, 0.4) is 0 Å². The molecule has 0 aliphatic rings. The Morgan fingerprint density at radius 2 is 1.86 bits per heavy atom. The third kappa shape index (κ3) is 4.07. The number of nitrogens with one attached hydrogen (secondary N) is 1. The maximum atomic E-state index is 11.1. The molecule has 0 saturated carbocycles. The zero-order valence-electron chi connectivity index (χ0n) is 12.3. The molecule has 0 spiro atoms. The van der Waals surface area contributed by atoms with E-state index in [2.05, 4.69) is 5.32 Å². The molecule has 0 radical (unpaired) electrons. The van der Waals surface area contributed by atoms with Gasteiger partial charge >= 0.3 is 0 Å². The van der Waals surface area contributed by atoms with Crippen molar-refractivity contribution in [2.24, 2.45) is 5.73 Å². The molecule has 110 valence electrons. The standard InChI is InChI=1S/C17H20N2O2/c1-12-9-14(17(18)20)5-6-15(12)11-19-10-13-3-7-16(21-2)8-4-13/h3-9,19H,10-11H2,1-2H3,(H2,18,20). The first-order valence-electron chi connectivity index (χ1n) is 6.83. The van der Waals surface area contributed by atoms with Gasteiger partial charge in [0.25, 0.3) is 0 Å². The van der Waals surface area contributed by atoms with Gasteiger partial charge in [0.15, 0.2) is 0 Å². The number of amides is 1. The molecule has 21 heavy (non-hydrogen) atoms. The van der Waals surface area contributed by atoms with E-state index in [1.165, 1.54) is 5.56 Å². The first-order valence-corrected chi connectivity index (χ1v) is 6.83. The lowest BCUT2D eigenvalue weighted by molar-refractivity contribution is 0.1000. The highest BCUT2D eigenvalue weighted by molar-refractivity contribution is 5.93. The lowest BCUT2D eigenvalue weighted by atomic mass is 10.0. The maximum absolute atomic E-state index is 11.1. The summed E-state index contributed by atoms with van der Waals surface area (Å²) >= 11 is 0. The van der Waals surface area contributed by atoms with E-state index in [9.17, 15) is 4.79 Å². The van der Waals surface area contributed by atoms with Gasteiger partial charge in [0.1, 0.15) is 5.75 Å². The highest BCUT2D eigenvalue weighted by Crippen LogP contribution is 2.13. The topological polar surface area (TPSA) is 64.3 Å².